The van der Waals surface area contributed by atoms with Crippen molar-refractivity contribution in [3.05, 3.63) is 92.9 Å². The van der Waals surface area contributed by atoms with Crippen molar-refractivity contribution in [2.45, 2.75) is 39.2 Å². The summed E-state index contributed by atoms with van der Waals surface area (Å²) >= 11 is 6.05. The molecule has 0 unspecified atom stereocenters. The predicted octanol–water partition coefficient (Wildman–Crippen LogP) is 5.00. The van der Waals surface area contributed by atoms with E-state index in [0.29, 0.717) is 22.8 Å². The Balaban J connectivity index is 1.65. The molecule has 2 aromatic carbocycles. The number of fused-ring (bicyclic) bond motifs is 1. The number of aromatic nitrogens is 3. The molecule has 160 valence electrons. The second kappa shape index (κ2) is 8.69. The smallest absolute Gasteiger partial charge is 0.254 e. The molecule has 4 aromatic rings. The first-order valence-corrected chi connectivity index (χ1v) is 10.9. The highest BCUT2D eigenvalue weighted by Gasteiger charge is 2.24. The molecule has 31 heavy (non-hydrogen) atoms. The molecule has 2 heterocycles. The fraction of sp³-hybridized carbons (Fsp3) is 0.280. The van der Waals surface area contributed by atoms with E-state index in [1.54, 1.807) is 4.68 Å². The molecule has 0 fully saturated rings. The molecule has 2 aromatic heterocycles. The number of halogens is 1. The van der Waals surface area contributed by atoms with Crippen LogP contribution in [0.3, 0.4) is 0 Å². The topological polar surface area (TPSA) is 62.7 Å². The van der Waals surface area contributed by atoms with E-state index >= 15 is 0 Å². The zero-order chi connectivity index (χ0) is 22.0. The molecule has 0 spiro atoms. The molecule has 0 saturated carbocycles. The van der Waals surface area contributed by atoms with Crippen LogP contribution in [0.25, 0.3) is 16.7 Å². The van der Waals surface area contributed by atoms with Gasteiger partial charge in [-0.1, -0.05) is 62.7 Å². The van der Waals surface area contributed by atoms with Crippen molar-refractivity contribution in [2.75, 3.05) is 6.54 Å². The van der Waals surface area contributed by atoms with Gasteiger partial charge >= 0.3 is 0 Å². The minimum atomic E-state index is -0.174. The summed E-state index contributed by atoms with van der Waals surface area (Å²) in [5, 5.41) is 9.88. The molecule has 4 rings (SSSR count). The van der Waals surface area contributed by atoms with Gasteiger partial charge in [-0.25, -0.2) is 4.68 Å². The lowest BCUT2D eigenvalue weighted by Gasteiger charge is -2.15. The van der Waals surface area contributed by atoms with Crippen LogP contribution < -0.4 is 10.9 Å². The number of nitrogens with one attached hydrogen (secondary N) is 2. The first kappa shape index (κ1) is 21.3. The first-order chi connectivity index (χ1) is 14.8. The molecule has 0 amide bonds. The van der Waals surface area contributed by atoms with Crippen LogP contribution in [0.5, 0.6) is 0 Å². The highest BCUT2D eigenvalue weighted by molar-refractivity contribution is 6.30. The zero-order valence-electron chi connectivity index (χ0n) is 18.1. The minimum Gasteiger partial charge on any atom is -0.312 e. The van der Waals surface area contributed by atoms with E-state index < -0.39 is 0 Å². The summed E-state index contributed by atoms with van der Waals surface area (Å²) in [6, 6.07) is 19.8. The lowest BCUT2D eigenvalue weighted by Crippen LogP contribution is -2.23. The molecule has 0 radical (unpaired) electrons. The van der Waals surface area contributed by atoms with Gasteiger partial charge in [-0.2, -0.15) is 5.10 Å². The van der Waals surface area contributed by atoms with Gasteiger partial charge in [0, 0.05) is 27.9 Å². The van der Waals surface area contributed by atoms with Crippen LogP contribution in [-0.2, 0) is 18.4 Å². The number of benzene rings is 2. The highest BCUT2D eigenvalue weighted by atomic mass is 35.5. The van der Waals surface area contributed by atoms with Crippen LogP contribution >= 0.6 is 11.6 Å². The number of nitrogens with zero attached hydrogens (tertiary/aromatic N) is 2. The summed E-state index contributed by atoms with van der Waals surface area (Å²) in [6.07, 6.45) is 0.919. The molecule has 0 bridgehead atoms. The normalized spacial score (nSPS) is 11.9. The minimum absolute atomic E-state index is 0.102. The molecule has 0 atom stereocenters. The van der Waals surface area contributed by atoms with Gasteiger partial charge in [-0.3, -0.25) is 4.79 Å². The fourth-order valence-corrected chi connectivity index (χ4v) is 3.80. The Labute approximate surface area is 187 Å². The lowest BCUT2D eigenvalue weighted by atomic mass is 9.90. The molecule has 0 aliphatic carbocycles. The average Bonchev–Trinajstić information content (AvgIpc) is 3.11. The van der Waals surface area contributed by atoms with Crippen LogP contribution in [-0.4, -0.2) is 21.3 Å². The molecule has 0 aliphatic heterocycles. The quantitative estimate of drug-likeness (QED) is 0.420. The van der Waals surface area contributed by atoms with Gasteiger partial charge in [-0.15, -0.1) is 0 Å². The van der Waals surface area contributed by atoms with Crippen LogP contribution in [0.2, 0.25) is 5.02 Å². The van der Waals surface area contributed by atoms with Crippen molar-refractivity contribution in [1.29, 1.82) is 0 Å². The van der Waals surface area contributed by atoms with Crippen molar-refractivity contribution < 1.29 is 0 Å². The number of rotatable bonds is 6. The van der Waals surface area contributed by atoms with Crippen LogP contribution in [0.15, 0.2) is 65.5 Å². The summed E-state index contributed by atoms with van der Waals surface area (Å²) in [6.45, 7) is 7.70. The van der Waals surface area contributed by atoms with Crippen LogP contribution in [0, 0.1) is 0 Å². The summed E-state index contributed by atoms with van der Waals surface area (Å²) in [5.74, 6) is 0. The van der Waals surface area contributed by atoms with Gasteiger partial charge in [0.2, 0.25) is 0 Å². The van der Waals surface area contributed by atoms with Gasteiger partial charge in [-0.05, 0) is 48.9 Å². The Kier molecular flexibility index (Phi) is 5.99. The maximum Gasteiger partial charge on any atom is 0.254 e. The first-order valence-electron chi connectivity index (χ1n) is 10.5. The Morgan fingerprint density at radius 3 is 2.45 bits per heavy atom. The average molecular weight is 435 g/mol. The number of aromatic amines is 1. The molecule has 0 aliphatic rings. The summed E-state index contributed by atoms with van der Waals surface area (Å²) in [7, 11) is 0. The van der Waals surface area contributed by atoms with E-state index in [9.17, 15) is 4.79 Å². The van der Waals surface area contributed by atoms with Gasteiger partial charge in [0.05, 0.1) is 11.4 Å². The summed E-state index contributed by atoms with van der Waals surface area (Å²) in [5.41, 5.74) is 4.21. The number of pyridine rings is 1. The van der Waals surface area contributed by atoms with Crippen molar-refractivity contribution in [2.24, 2.45) is 0 Å². The SMILES string of the molecule is CC(C)(C)c1nn(-c2ccc(Cl)cc2)c2[nH]c(=O)c(CNCCc3ccccc3)cc12. The summed E-state index contributed by atoms with van der Waals surface area (Å²) < 4.78 is 1.79. The largest absolute Gasteiger partial charge is 0.312 e. The van der Waals surface area contributed by atoms with Gasteiger partial charge in [0.25, 0.3) is 5.56 Å². The van der Waals surface area contributed by atoms with Gasteiger partial charge in [0.15, 0.2) is 0 Å². The standard InChI is InChI=1S/C25H27ClN4O/c1-25(2,3)22-21-15-18(16-27-14-13-17-7-5-4-6-8-17)24(31)28-23(21)30(29-22)20-11-9-19(26)10-12-20/h4-12,15,27H,13-14,16H2,1-3H3,(H,28,31). The number of hydrogen-bond acceptors (Lipinski definition) is 3. The third-order valence-corrected chi connectivity index (χ3v) is 5.55. The van der Waals surface area contributed by atoms with Crippen molar-refractivity contribution in [1.82, 2.24) is 20.1 Å². The van der Waals surface area contributed by atoms with E-state index in [2.05, 4.69) is 43.2 Å². The Bertz CT molecular complexity index is 1230. The Morgan fingerprint density at radius 1 is 1.06 bits per heavy atom. The van der Waals surface area contributed by atoms with Crippen molar-refractivity contribution >= 4 is 22.6 Å². The van der Waals surface area contributed by atoms with Crippen LogP contribution in [0.4, 0.5) is 0 Å². The molecule has 0 saturated heterocycles. The fourth-order valence-electron chi connectivity index (χ4n) is 3.67. The number of hydrogen-bond donors (Lipinski definition) is 2. The highest BCUT2D eigenvalue weighted by Crippen LogP contribution is 2.30. The molecular formula is C25H27ClN4O. The molecule has 5 nitrogen and oxygen atoms in total. The Morgan fingerprint density at radius 2 is 1.77 bits per heavy atom. The van der Waals surface area contributed by atoms with E-state index in [0.717, 1.165) is 29.7 Å². The third-order valence-electron chi connectivity index (χ3n) is 5.29. The van der Waals surface area contributed by atoms with Crippen molar-refractivity contribution in [3.8, 4) is 5.69 Å². The van der Waals surface area contributed by atoms with E-state index in [-0.39, 0.29) is 11.0 Å². The molecule has 2 N–H and O–H groups in total. The summed E-state index contributed by atoms with van der Waals surface area (Å²) in [4.78, 5) is 15.9. The van der Waals surface area contributed by atoms with Gasteiger partial charge in [0.1, 0.15) is 5.65 Å². The van der Waals surface area contributed by atoms with Crippen LogP contribution in [0.1, 0.15) is 37.6 Å². The predicted molar refractivity (Wildman–Crippen MR) is 127 cm³/mol. The molecular weight excluding hydrogens is 408 g/mol. The monoisotopic (exact) mass is 434 g/mol. The maximum atomic E-state index is 12.8. The Hall–Kier alpha value is -2.89. The second-order valence-corrected chi connectivity index (χ2v) is 9.22. The second-order valence-electron chi connectivity index (χ2n) is 8.79. The maximum absolute atomic E-state index is 12.8. The molecule has 6 heteroatoms. The lowest BCUT2D eigenvalue weighted by molar-refractivity contribution is 0.565. The van der Waals surface area contributed by atoms with Crippen molar-refractivity contribution in [3.63, 3.8) is 0 Å². The van der Waals surface area contributed by atoms with E-state index in [1.165, 1.54) is 5.56 Å². The number of H-pyrrole nitrogens is 1. The third kappa shape index (κ3) is 4.73. The van der Waals surface area contributed by atoms with E-state index in [4.69, 9.17) is 16.7 Å². The van der Waals surface area contributed by atoms with Gasteiger partial charge < -0.3 is 10.3 Å². The van der Waals surface area contributed by atoms with E-state index in [1.807, 2.05) is 48.5 Å². The zero-order valence-corrected chi connectivity index (χ0v) is 18.8.